The number of halogens is 1. The van der Waals surface area contributed by atoms with Crippen molar-refractivity contribution in [3.8, 4) is 5.69 Å². The summed E-state index contributed by atoms with van der Waals surface area (Å²) in [4.78, 5) is 11.8. The second kappa shape index (κ2) is 6.16. The van der Waals surface area contributed by atoms with Gasteiger partial charge in [0.2, 0.25) is 0 Å². The van der Waals surface area contributed by atoms with E-state index in [0.29, 0.717) is 0 Å². The Morgan fingerprint density at radius 1 is 1.29 bits per heavy atom. The largest absolute Gasteiger partial charge is 0.481 e. The molecule has 0 spiro atoms. The molecule has 0 radical (unpaired) electrons. The van der Waals surface area contributed by atoms with E-state index in [0.717, 1.165) is 49.0 Å². The molecule has 1 saturated carbocycles. The van der Waals surface area contributed by atoms with Gasteiger partial charge in [0.1, 0.15) is 5.82 Å². The molecule has 3 aliphatic carbocycles. The fraction of sp³-hybridized carbons (Fsp3) is 0.391. The molecule has 1 fully saturated rings. The van der Waals surface area contributed by atoms with Gasteiger partial charge in [0.25, 0.3) is 0 Å². The van der Waals surface area contributed by atoms with E-state index in [1.165, 1.54) is 23.3 Å². The predicted octanol–water partition coefficient (Wildman–Crippen LogP) is 4.79. The van der Waals surface area contributed by atoms with Crippen molar-refractivity contribution in [2.24, 2.45) is 17.3 Å². The van der Waals surface area contributed by atoms with E-state index in [4.69, 9.17) is 0 Å². The first-order chi connectivity index (χ1) is 13.5. The third kappa shape index (κ3) is 2.49. The number of aromatic nitrogens is 2. The Morgan fingerprint density at radius 2 is 2.07 bits per heavy atom. The molecule has 5 heteroatoms. The van der Waals surface area contributed by atoms with Crippen LogP contribution < -0.4 is 0 Å². The number of nitrogens with zero attached hydrogens (tertiary/aromatic N) is 2. The van der Waals surface area contributed by atoms with Gasteiger partial charge < -0.3 is 5.11 Å². The van der Waals surface area contributed by atoms with Crippen LogP contribution in [0.15, 0.2) is 47.7 Å². The average molecular weight is 378 g/mol. The normalized spacial score (nSPS) is 28.5. The highest BCUT2D eigenvalue weighted by Gasteiger charge is 2.48. The average Bonchev–Trinajstić information content (AvgIpc) is 3.08. The van der Waals surface area contributed by atoms with Crippen LogP contribution in [0.5, 0.6) is 0 Å². The zero-order valence-electron chi connectivity index (χ0n) is 15.9. The van der Waals surface area contributed by atoms with Crippen LogP contribution in [0.2, 0.25) is 0 Å². The van der Waals surface area contributed by atoms with Crippen LogP contribution in [0, 0.1) is 23.1 Å². The van der Waals surface area contributed by atoms with Crippen LogP contribution in [0.25, 0.3) is 11.8 Å². The first-order valence-electron chi connectivity index (χ1n) is 9.94. The van der Waals surface area contributed by atoms with E-state index >= 15 is 0 Å². The highest BCUT2D eigenvalue weighted by Crippen LogP contribution is 2.56. The number of allylic oxidation sites excluding steroid dienone is 3. The minimum atomic E-state index is -0.660. The van der Waals surface area contributed by atoms with Crippen LogP contribution in [0.1, 0.15) is 43.9 Å². The summed E-state index contributed by atoms with van der Waals surface area (Å²) in [6, 6.07) is 6.39. The SMILES string of the molecule is C[C@]12Cc3cnn(-c4ccc(F)cc4)c3C=C1CC[C@H]1C2=CCC[C@@H]1C(=O)O. The van der Waals surface area contributed by atoms with E-state index in [2.05, 4.69) is 24.2 Å². The lowest BCUT2D eigenvalue weighted by atomic mass is 9.55. The molecule has 1 N–H and O–H groups in total. The molecule has 5 rings (SSSR count). The molecule has 0 aliphatic heterocycles. The van der Waals surface area contributed by atoms with E-state index in [1.54, 1.807) is 12.1 Å². The Labute approximate surface area is 163 Å². The molecule has 28 heavy (non-hydrogen) atoms. The van der Waals surface area contributed by atoms with Crippen LogP contribution in [0.4, 0.5) is 4.39 Å². The highest BCUT2D eigenvalue weighted by molar-refractivity contribution is 5.72. The van der Waals surface area contributed by atoms with E-state index < -0.39 is 5.97 Å². The van der Waals surface area contributed by atoms with Gasteiger partial charge in [0.15, 0.2) is 0 Å². The monoisotopic (exact) mass is 378 g/mol. The number of carbonyl (C=O) groups is 1. The summed E-state index contributed by atoms with van der Waals surface area (Å²) in [6.07, 6.45) is 10.7. The fourth-order valence-electron chi connectivity index (χ4n) is 5.51. The summed E-state index contributed by atoms with van der Waals surface area (Å²) in [5.74, 6) is -1.04. The number of hydrogen-bond donors (Lipinski definition) is 1. The van der Waals surface area contributed by atoms with Crippen molar-refractivity contribution >= 4 is 12.0 Å². The summed E-state index contributed by atoms with van der Waals surface area (Å²) < 4.78 is 15.2. The van der Waals surface area contributed by atoms with Crippen molar-refractivity contribution in [2.75, 3.05) is 0 Å². The van der Waals surface area contributed by atoms with Crippen LogP contribution in [-0.2, 0) is 11.2 Å². The lowest BCUT2D eigenvalue weighted by Gasteiger charge is -2.48. The third-order valence-electron chi connectivity index (χ3n) is 6.93. The number of rotatable bonds is 2. The van der Waals surface area contributed by atoms with Crippen molar-refractivity contribution in [3.63, 3.8) is 0 Å². The second-order valence-corrected chi connectivity index (χ2v) is 8.45. The summed E-state index contributed by atoms with van der Waals surface area (Å²) in [7, 11) is 0. The summed E-state index contributed by atoms with van der Waals surface area (Å²) in [5.41, 5.74) is 5.61. The lowest BCUT2D eigenvalue weighted by molar-refractivity contribution is -0.144. The Bertz CT molecular complexity index is 1020. The molecular formula is C23H23FN2O2. The molecule has 2 aromatic rings. The molecule has 3 aliphatic rings. The minimum Gasteiger partial charge on any atom is -0.481 e. The number of carboxylic acids is 1. The molecule has 3 atom stereocenters. The second-order valence-electron chi connectivity index (χ2n) is 8.45. The fourth-order valence-corrected chi connectivity index (χ4v) is 5.51. The number of carboxylic acid groups (broad SMARTS) is 1. The number of hydrogen-bond acceptors (Lipinski definition) is 2. The van der Waals surface area contributed by atoms with Crippen LogP contribution >= 0.6 is 0 Å². The van der Waals surface area contributed by atoms with Crippen molar-refractivity contribution in [2.45, 2.75) is 39.0 Å². The molecule has 0 amide bonds. The van der Waals surface area contributed by atoms with Crippen molar-refractivity contribution in [1.82, 2.24) is 9.78 Å². The number of aliphatic carboxylic acids is 1. The molecular weight excluding hydrogens is 355 g/mol. The van der Waals surface area contributed by atoms with Gasteiger partial charge in [0, 0.05) is 5.41 Å². The Hall–Kier alpha value is -2.69. The van der Waals surface area contributed by atoms with Crippen LogP contribution in [-0.4, -0.2) is 20.9 Å². The number of fused-ring (bicyclic) bond motifs is 4. The van der Waals surface area contributed by atoms with Gasteiger partial charge in [0.05, 0.1) is 23.5 Å². The summed E-state index contributed by atoms with van der Waals surface area (Å²) >= 11 is 0. The van der Waals surface area contributed by atoms with Crippen molar-refractivity contribution in [3.05, 3.63) is 64.8 Å². The predicted molar refractivity (Wildman–Crippen MR) is 104 cm³/mol. The van der Waals surface area contributed by atoms with Crippen molar-refractivity contribution in [1.29, 1.82) is 0 Å². The molecule has 1 aromatic carbocycles. The first-order valence-corrected chi connectivity index (χ1v) is 9.94. The zero-order valence-corrected chi connectivity index (χ0v) is 15.9. The van der Waals surface area contributed by atoms with E-state index in [1.807, 2.05) is 10.9 Å². The molecule has 144 valence electrons. The third-order valence-corrected chi connectivity index (χ3v) is 6.93. The maximum atomic E-state index is 13.3. The topological polar surface area (TPSA) is 55.1 Å². The van der Waals surface area contributed by atoms with Gasteiger partial charge in [-0.2, -0.15) is 5.10 Å². The first kappa shape index (κ1) is 17.4. The van der Waals surface area contributed by atoms with Gasteiger partial charge in [-0.3, -0.25) is 4.79 Å². The smallest absolute Gasteiger partial charge is 0.307 e. The highest BCUT2D eigenvalue weighted by atomic mass is 19.1. The van der Waals surface area contributed by atoms with E-state index in [-0.39, 0.29) is 23.1 Å². The Morgan fingerprint density at radius 3 is 2.82 bits per heavy atom. The molecule has 0 bridgehead atoms. The maximum Gasteiger partial charge on any atom is 0.307 e. The number of benzene rings is 1. The summed E-state index contributed by atoms with van der Waals surface area (Å²) in [6.45, 7) is 2.26. The van der Waals surface area contributed by atoms with Gasteiger partial charge >= 0.3 is 5.97 Å². The Kier molecular flexibility index (Phi) is 3.83. The quantitative estimate of drug-likeness (QED) is 0.765. The molecule has 0 saturated heterocycles. The van der Waals surface area contributed by atoms with E-state index in [9.17, 15) is 14.3 Å². The zero-order chi connectivity index (χ0) is 19.5. The standard InChI is InChI=1S/C23H23FN2O2/c1-23-12-14-13-25-26(17-8-6-16(24)7-9-17)21(14)11-15(23)5-10-18-19(22(27)28)3-2-4-20(18)23/h4,6-9,11,13,18-19H,2-3,5,10,12H2,1H3,(H,27,28)/t18-,19+,23+/m1/s1. The van der Waals surface area contributed by atoms with Crippen molar-refractivity contribution < 1.29 is 14.3 Å². The molecule has 1 heterocycles. The Balaban J connectivity index is 1.56. The van der Waals surface area contributed by atoms with Crippen LogP contribution in [0.3, 0.4) is 0 Å². The maximum absolute atomic E-state index is 13.3. The summed E-state index contributed by atoms with van der Waals surface area (Å²) in [5, 5.41) is 14.3. The van der Waals surface area contributed by atoms with Gasteiger partial charge in [-0.05, 0) is 73.9 Å². The van der Waals surface area contributed by atoms with Gasteiger partial charge in [-0.1, -0.05) is 24.1 Å². The molecule has 0 unspecified atom stereocenters. The van der Waals surface area contributed by atoms with Gasteiger partial charge in [-0.25, -0.2) is 9.07 Å². The minimum absolute atomic E-state index is 0.124. The molecule has 4 nitrogen and oxygen atoms in total. The van der Waals surface area contributed by atoms with Gasteiger partial charge in [-0.15, -0.1) is 0 Å². The molecule has 1 aromatic heterocycles. The lowest BCUT2D eigenvalue weighted by Crippen LogP contribution is -2.41.